The van der Waals surface area contributed by atoms with E-state index in [0.29, 0.717) is 22.6 Å². The third-order valence-corrected chi connectivity index (χ3v) is 4.57. The average Bonchev–Trinajstić information content (AvgIpc) is 2.72. The van der Waals surface area contributed by atoms with Gasteiger partial charge in [-0.3, -0.25) is 4.79 Å². The van der Waals surface area contributed by atoms with Crippen molar-refractivity contribution < 1.29 is 22.6 Å². The molecule has 0 saturated heterocycles. The van der Waals surface area contributed by atoms with Crippen LogP contribution in [0.25, 0.3) is 11.3 Å². The van der Waals surface area contributed by atoms with E-state index in [1.165, 1.54) is 20.3 Å². The van der Waals surface area contributed by atoms with Crippen molar-refractivity contribution in [3.63, 3.8) is 0 Å². The fraction of sp³-hybridized carbons (Fsp3) is 0.238. The Hall–Kier alpha value is -3.29. The second-order valence-corrected chi connectivity index (χ2v) is 6.35. The van der Waals surface area contributed by atoms with Gasteiger partial charge in [-0.15, -0.1) is 0 Å². The van der Waals surface area contributed by atoms with E-state index in [2.05, 4.69) is 5.10 Å². The molecule has 1 aromatic heterocycles. The monoisotopic (exact) mass is 404 g/mol. The Morgan fingerprint density at radius 3 is 2.21 bits per heavy atom. The van der Waals surface area contributed by atoms with Crippen molar-refractivity contribution >= 4 is 0 Å². The van der Waals surface area contributed by atoms with Crippen LogP contribution in [0.5, 0.6) is 11.5 Å². The van der Waals surface area contributed by atoms with E-state index in [4.69, 9.17) is 9.47 Å². The molecule has 152 valence electrons. The van der Waals surface area contributed by atoms with Gasteiger partial charge in [0.2, 0.25) is 0 Å². The number of ether oxygens (including phenoxy) is 2. The smallest absolute Gasteiger partial charge is 0.421 e. The summed E-state index contributed by atoms with van der Waals surface area (Å²) in [5.41, 5.74) is -1.44. The summed E-state index contributed by atoms with van der Waals surface area (Å²) in [5.74, 6) is 0.771. The molecule has 8 heteroatoms. The number of hydrogen-bond acceptors (Lipinski definition) is 4. The minimum atomic E-state index is -4.82. The van der Waals surface area contributed by atoms with Crippen LogP contribution in [-0.2, 0) is 6.18 Å². The normalized spacial score (nSPS) is 12.5. The van der Waals surface area contributed by atoms with Crippen molar-refractivity contribution in [1.29, 1.82) is 0 Å². The Labute approximate surface area is 165 Å². The lowest BCUT2D eigenvalue weighted by atomic mass is 10.1. The second kappa shape index (κ2) is 7.98. The van der Waals surface area contributed by atoms with Crippen LogP contribution in [0.4, 0.5) is 13.2 Å². The lowest BCUT2D eigenvalue weighted by Crippen LogP contribution is -2.33. The Balaban J connectivity index is 2.22. The molecule has 1 heterocycles. The number of benzene rings is 2. The largest absolute Gasteiger partial charge is 0.493 e. The molecule has 0 aliphatic rings. The maximum absolute atomic E-state index is 13.6. The third kappa shape index (κ3) is 4.11. The zero-order chi connectivity index (χ0) is 21.2. The summed E-state index contributed by atoms with van der Waals surface area (Å²) < 4.78 is 52.0. The number of methoxy groups -OCH3 is 2. The molecule has 2 aromatic carbocycles. The van der Waals surface area contributed by atoms with Crippen molar-refractivity contribution in [3.05, 3.63) is 76.1 Å². The van der Waals surface area contributed by atoms with Crippen molar-refractivity contribution in [3.8, 4) is 22.8 Å². The number of hydrogen-bond donors (Lipinski definition) is 0. The van der Waals surface area contributed by atoms with Crippen LogP contribution in [0.1, 0.15) is 24.1 Å². The molecular weight excluding hydrogens is 385 g/mol. The number of rotatable bonds is 5. The Bertz CT molecular complexity index is 1060. The highest BCUT2D eigenvalue weighted by Crippen LogP contribution is 2.34. The first-order valence-electron chi connectivity index (χ1n) is 8.74. The van der Waals surface area contributed by atoms with E-state index in [1.807, 2.05) is 0 Å². The summed E-state index contributed by atoms with van der Waals surface area (Å²) in [4.78, 5) is 12.6. The molecule has 0 N–H and O–H groups in total. The summed E-state index contributed by atoms with van der Waals surface area (Å²) in [6.45, 7) is 1.63. The summed E-state index contributed by atoms with van der Waals surface area (Å²) >= 11 is 0. The van der Waals surface area contributed by atoms with Crippen LogP contribution in [0.2, 0.25) is 0 Å². The lowest BCUT2D eigenvalue weighted by Gasteiger charge is -2.18. The van der Waals surface area contributed by atoms with Gasteiger partial charge >= 0.3 is 6.18 Å². The van der Waals surface area contributed by atoms with Crippen molar-refractivity contribution in [2.24, 2.45) is 0 Å². The first kappa shape index (κ1) is 20.4. The molecule has 5 nitrogen and oxygen atoms in total. The Kier molecular flexibility index (Phi) is 5.63. The second-order valence-electron chi connectivity index (χ2n) is 6.35. The zero-order valence-corrected chi connectivity index (χ0v) is 16.0. The maximum atomic E-state index is 13.6. The van der Waals surface area contributed by atoms with Gasteiger partial charge in [0.15, 0.2) is 11.5 Å². The van der Waals surface area contributed by atoms with Crippen molar-refractivity contribution in [2.75, 3.05) is 14.2 Å². The first-order valence-corrected chi connectivity index (χ1v) is 8.74. The average molecular weight is 404 g/mol. The molecule has 0 amide bonds. The third-order valence-electron chi connectivity index (χ3n) is 4.57. The molecule has 0 aliphatic carbocycles. The number of halogens is 3. The highest BCUT2D eigenvalue weighted by atomic mass is 19.4. The van der Waals surface area contributed by atoms with Crippen molar-refractivity contribution in [2.45, 2.75) is 19.1 Å². The Morgan fingerprint density at radius 1 is 0.966 bits per heavy atom. The van der Waals surface area contributed by atoms with Gasteiger partial charge < -0.3 is 9.47 Å². The Morgan fingerprint density at radius 2 is 1.62 bits per heavy atom. The van der Waals surface area contributed by atoms with E-state index in [9.17, 15) is 18.0 Å². The predicted molar refractivity (Wildman–Crippen MR) is 102 cm³/mol. The molecule has 1 unspecified atom stereocenters. The van der Waals surface area contributed by atoms with Crippen LogP contribution in [0.3, 0.4) is 0 Å². The summed E-state index contributed by atoms with van der Waals surface area (Å²) in [7, 11) is 2.88. The van der Waals surface area contributed by atoms with E-state index >= 15 is 0 Å². The molecule has 3 aromatic rings. The van der Waals surface area contributed by atoms with E-state index in [-0.39, 0.29) is 5.69 Å². The van der Waals surface area contributed by atoms with Crippen LogP contribution >= 0.6 is 0 Å². The molecule has 0 fully saturated rings. The van der Waals surface area contributed by atoms with E-state index in [0.717, 1.165) is 10.7 Å². The summed E-state index contributed by atoms with van der Waals surface area (Å²) in [6, 6.07) is 13.5. The zero-order valence-electron chi connectivity index (χ0n) is 16.0. The number of alkyl halides is 3. The van der Waals surface area contributed by atoms with Gasteiger partial charge in [-0.2, -0.15) is 18.3 Å². The van der Waals surface area contributed by atoms with Crippen LogP contribution in [0, 0.1) is 0 Å². The predicted octanol–water partition coefficient (Wildman–Crippen LogP) is 4.56. The van der Waals surface area contributed by atoms with Crippen LogP contribution < -0.4 is 15.0 Å². The molecule has 29 heavy (non-hydrogen) atoms. The van der Waals surface area contributed by atoms with Gasteiger partial charge in [-0.1, -0.05) is 30.3 Å². The molecular formula is C21H19F3N2O3. The molecule has 3 rings (SSSR count). The molecule has 0 spiro atoms. The van der Waals surface area contributed by atoms with Crippen molar-refractivity contribution in [1.82, 2.24) is 9.78 Å². The van der Waals surface area contributed by atoms with Gasteiger partial charge in [0.1, 0.15) is 5.56 Å². The van der Waals surface area contributed by atoms with Crippen LogP contribution in [0.15, 0.2) is 59.4 Å². The molecule has 0 saturated carbocycles. The molecule has 0 aliphatic heterocycles. The fourth-order valence-corrected chi connectivity index (χ4v) is 2.99. The van der Waals surface area contributed by atoms with Gasteiger partial charge in [-0.25, -0.2) is 4.68 Å². The first-order chi connectivity index (χ1) is 13.8. The minimum Gasteiger partial charge on any atom is -0.493 e. The SMILES string of the molecule is COc1ccc(-c2cc(C(F)(F)F)c(=O)n(C(C)c3ccccc3)n2)cc1OC. The lowest BCUT2D eigenvalue weighted by molar-refractivity contribution is -0.139. The standard InChI is InChI=1S/C21H19F3N2O3/c1-13(14-7-5-4-6-8-14)26-20(27)16(21(22,23)24)12-17(25-26)15-9-10-18(28-2)19(11-15)29-3/h4-13H,1-3H3. The highest BCUT2D eigenvalue weighted by molar-refractivity contribution is 5.64. The highest BCUT2D eigenvalue weighted by Gasteiger charge is 2.36. The molecule has 0 radical (unpaired) electrons. The summed E-state index contributed by atoms with van der Waals surface area (Å²) in [5, 5.41) is 4.23. The molecule has 1 atom stereocenters. The maximum Gasteiger partial charge on any atom is 0.421 e. The summed E-state index contributed by atoms with van der Waals surface area (Å²) in [6.07, 6.45) is -4.82. The topological polar surface area (TPSA) is 53.4 Å². The number of nitrogens with zero attached hydrogens (tertiary/aromatic N) is 2. The van der Waals surface area contributed by atoms with Crippen LogP contribution in [-0.4, -0.2) is 24.0 Å². The minimum absolute atomic E-state index is 0.000610. The fourth-order valence-electron chi connectivity index (χ4n) is 2.99. The van der Waals surface area contributed by atoms with E-state index < -0.39 is 23.3 Å². The van der Waals surface area contributed by atoms with Gasteiger partial charge in [0.05, 0.1) is 26.0 Å². The number of aromatic nitrogens is 2. The quantitative estimate of drug-likeness (QED) is 0.626. The van der Waals surface area contributed by atoms with Gasteiger partial charge in [0.25, 0.3) is 5.56 Å². The van der Waals surface area contributed by atoms with E-state index in [1.54, 1.807) is 49.4 Å². The van der Waals surface area contributed by atoms with Gasteiger partial charge in [0, 0.05) is 5.56 Å². The molecule has 0 bridgehead atoms. The van der Waals surface area contributed by atoms with Gasteiger partial charge in [-0.05, 0) is 36.8 Å².